The highest BCUT2D eigenvalue weighted by atomic mass is 19.1. The Bertz CT molecular complexity index is 972. The minimum Gasteiger partial charge on any atom is -0.481 e. The molecule has 1 heterocycles. The quantitative estimate of drug-likeness (QED) is 0.202. The Hall–Kier alpha value is -2.70. The van der Waals surface area contributed by atoms with E-state index in [9.17, 15) is 19.1 Å². The maximum atomic E-state index is 13.9. The predicted molar refractivity (Wildman–Crippen MR) is 140 cm³/mol. The Morgan fingerprint density at radius 3 is 2.67 bits per heavy atom. The van der Waals surface area contributed by atoms with Crippen LogP contribution in [0.4, 0.5) is 4.39 Å². The van der Waals surface area contributed by atoms with Crippen molar-refractivity contribution in [1.29, 1.82) is 0 Å². The van der Waals surface area contributed by atoms with Gasteiger partial charge in [0, 0.05) is 30.7 Å². The number of hydrogen-bond donors (Lipinski definition) is 2. The van der Waals surface area contributed by atoms with Crippen molar-refractivity contribution in [2.75, 3.05) is 0 Å². The van der Waals surface area contributed by atoms with E-state index in [-0.39, 0.29) is 30.9 Å². The molecule has 0 radical (unpaired) electrons. The summed E-state index contributed by atoms with van der Waals surface area (Å²) >= 11 is 0. The van der Waals surface area contributed by atoms with Crippen LogP contribution in [0.3, 0.4) is 0 Å². The van der Waals surface area contributed by atoms with Gasteiger partial charge in [0.15, 0.2) is 0 Å². The number of carbonyl (C=O) groups excluding carboxylic acids is 1. The summed E-state index contributed by atoms with van der Waals surface area (Å²) < 4.78 is 19.6. The van der Waals surface area contributed by atoms with Crippen LogP contribution >= 0.6 is 0 Å². The molecule has 3 unspecified atom stereocenters. The number of allylic oxidation sites excluding steroid dienone is 4. The van der Waals surface area contributed by atoms with Crippen LogP contribution in [0.2, 0.25) is 0 Å². The van der Waals surface area contributed by atoms with Crippen molar-refractivity contribution in [2.45, 2.75) is 104 Å². The lowest BCUT2D eigenvalue weighted by Crippen LogP contribution is -2.25. The van der Waals surface area contributed by atoms with Gasteiger partial charge in [-0.25, -0.2) is 4.39 Å². The second-order valence-electron chi connectivity index (χ2n) is 11.2. The lowest BCUT2D eigenvalue weighted by molar-refractivity contribution is -0.137. The third-order valence-corrected chi connectivity index (χ3v) is 7.26. The number of carbonyl (C=O) groups is 2. The molecule has 1 aromatic heterocycles. The van der Waals surface area contributed by atoms with Crippen molar-refractivity contribution in [1.82, 2.24) is 10.5 Å². The van der Waals surface area contributed by atoms with Gasteiger partial charge in [-0.2, -0.15) is 0 Å². The number of carboxylic acids is 1. The topological polar surface area (TPSA) is 92.4 Å². The fraction of sp³-hybridized carbons (Fsp3) is 0.621. The molecule has 200 valence electrons. The molecular weight excluding hydrogens is 459 g/mol. The molecule has 2 rings (SSSR count). The van der Waals surface area contributed by atoms with Crippen molar-refractivity contribution in [3.63, 3.8) is 0 Å². The Balaban J connectivity index is 2.09. The van der Waals surface area contributed by atoms with Crippen molar-refractivity contribution in [3.8, 4) is 0 Å². The number of nitrogens with zero attached hydrogens (tertiary/aromatic N) is 1. The Kier molecular flexibility index (Phi) is 11.1. The lowest BCUT2D eigenvalue weighted by Gasteiger charge is -2.26. The zero-order valence-electron chi connectivity index (χ0n) is 22.5. The summed E-state index contributed by atoms with van der Waals surface area (Å²) in [6, 6.07) is 1.89. The summed E-state index contributed by atoms with van der Waals surface area (Å²) in [5.41, 5.74) is 2.01. The van der Waals surface area contributed by atoms with Gasteiger partial charge in [0.25, 0.3) is 0 Å². The van der Waals surface area contributed by atoms with Crippen molar-refractivity contribution >= 4 is 11.9 Å². The molecule has 1 fully saturated rings. The van der Waals surface area contributed by atoms with E-state index in [1.54, 1.807) is 6.08 Å². The predicted octanol–water partition coefficient (Wildman–Crippen LogP) is 7.56. The average Bonchev–Trinajstić information content (AvgIpc) is 3.45. The van der Waals surface area contributed by atoms with Crippen molar-refractivity contribution in [3.05, 3.63) is 53.3 Å². The second-order valence-corrected chi connectivity index (χ2v) is 11.2. The zero-order chi connectivity index (χ0) is 26.9. The van der Waals surface area contributed by atoms with Gasteiger partial charge in [0.1, 0.15) is 11.6 Å². The Morgan fingerprint density at radius 2 is 2.06 bits per heavy atom. The molecule has 1 aromatic rings. The number of halogens is 1. The third-order valence-electron chi connectivity index (χ3n) is 7.26. The molecule has 1 saturated carbocycles. The van der Waals surface area contributed by atoms with E-state index >= 15 is 0 Å². The Morgan fingerprint density at radius 1 is 1.33 bits per heavy atom. The minimum atomic E-state index is -0.944. The molecule has 0 bridgehead atoms. The molecular formula is C29H43FN2O4. The number of nitrogens with one attached hydrogen (secondary N) is 1. The van der Waals surface area contributed by atoms with Crippen LogP contribution in [-0.2, 0) is 9.59 Å². The molecule has 2 N–H and O–H groups in total. The van der Waals surface area contributed by atoms with Crippen LogP contribution in [0.25, 0.3) is 0 Å². The van der Waals surface area contributed by atoms with Gasteiger partial charge in [-0.05, 0) is 63.7 Å². The summed E-state index contributed by atoms with van der Waals surface area (Å²) in [4.78, 5) is 24.0. The SMILES string of the molecule is C=C(F)C(=CCC=C(C)C)NC(=O)CC(CCC(=O)O)c1cc(C2CCC(CC(C)(C)CC)C2)on1. The minimum absolute atomic E-state index is 0.0233. The monoisotopic (exact) mass is 502 g/mol. The molecule has 6 nitrogen and oxygen atoms in total. The fourth-order valence-electron chi connectivity index (χ4n) is 4.85. The molecule has 0 saturated heterocycles. The van der Waals surface area contributed by atoms with Gasteiger partial charge in [0.2, 0.25) is 5.91 Å². The number of carboxylic acid groups (broad SMARTS) is 1. The second kappa shape index (κ2) is 13.6. The first-order chi connectivity index (χ1) is 16.9. The van der Waals surface area contributed by atoms with E-state index in [1.165, 1.54) is 6.42 Å². The Labute approximate surface area is 215 Å². The molecule has 0 aromatic carbocycles. The first kappa shape index (κ1) is 29.5. The first-order valence-corrected chi connectivity index (χ1v) is 13.1. The maximum Gasteiger partial charge on any atom is 0.303 e. The van der Waals surface area contributed by atoms with Crippen LogP contribution in [0.15, 0.2) is 46.4 Å². The van der Waals surface area contributed by atoms with Crippen LogP contribution < -0.4 is 5.32 Å². The number of aromatic nitrogens is 1. The molecule has 3 atom stereocenters. The first-order valence-electron chi connectivity index (χ1n) is 13.1. The highest BCUT2D eigenvalue weighted by molar-refractivity contribution is 5.79. The van der Waals surface area contributed by atoms with Gasteiger partial charge in [0.05, 0.1) is 11.4 Å². The third kappa shape index (κ3) is 9.75. The van der Waals surface area contributed by atoms with Crippen LogP contribution in [-0.4, -0.2) is 22.1 Å². The number of rotatable bonds is 14. The molecule has 0 aliphatic heterocycles. The molecule has 36 heavy (non-hydrogen) atoms. The summed E-state index contributed by atoms with van der Waals surface area (Å²) in [5, 5.41) is 16.0. The standard InChI is InChI=1S/C29H43FN2O4/c1-7-29(5,6)18-21-11-12-23(15-21)26-17-25(32-36-26)22(13-14-28(34)35)16-27(33)31-24(20(4)30)10-8-9-19(2)3/h9-10,17,21-23H,4,7-8,11-16,18H2,1-3,5-6H3,(H,31,33)(H,34,35). The number of aliphatic carboxylic acids is 1. The van der Waals surface area contributed by atoms with Gasteiger partial charge in [-0.3, -0.25) is 9.59 Å². The summed E-state index contributed by atoms with van der Waals surface area (Å²) in [7, 11) is 0. The average molecular weight is 503 g/mol. The van der Waals surface area contributed by atoms with E-state index in [2.05, 4.69) is 37.8 Å². The van der Waals surface area contributed by atoms with E-state index in [0.29, 0.717) is 23.4 Å². The van der Waals surface area contributed by atoms with E-state index in [1.807, 2.05) is 26.0 Å². The highest BCUT2D eigenvalue weighted by Gasteiger charge is 2.33. The van der Waals surface area contributed by atoms with Gasteiger partial charge >= 0.3 is 5.97 Å². The highest BCUT2D eigenvalue weighted by Crippen LogP contribution is 2.44. The van der Waals surface area contributed by atoms with Crippen LogP contribution in [0.5, 0.6) is 0 Å². The molecule has 0 spiro atoms. The van der Waals surface area contributed by atoms with E-state index < -0.39 is 23.6 Å². The fourth-order valence-corrected chi connectivity index (χ4v) is 4.85. The van der Waals surface area contributed by atoms with Crippen LogP contribution in [0.1, 0.15) is 116 Å². The lowest BCUT2D eigenvalue weighted by atomic mass is 9.80. The van der Waals surface area contributed by atoms with Gasteiger partial charge in [-0.15, -0.1) is 0 Å². The van der Waals surface area contributed by atoms with E-state index in [0.717, 1.165) is 37.0 Å². The zero-order valence-corrected chi connectivity index (χ0v) is 22.5. The van der Waals surface area contributed by atoms with Crippen molar-refractivity contribution < 1.29 is 23.6 Å². The summed E-state index contributed by atoms with van der Waals surface area (Å²) in [5.74, 6) is -0.780. The van der Waals surface area contributed by atoms with Gasteiger partial charge in [-0.1, -0.05) is 56.7 Å². The molecule has 1 aliphatic rings. The number of amides is 1. The van der Waals surface area contributed by atoms with Crippen molar-refractivity contribution in [2.24, 2.45) is 11.3 Å². The summed E-state index contributed by atoms with van der Waals surface area (Å²) in [6.07, 6.45) is 9.65. The van der Waals surface area contributed by atoms with Gasteiger partial charge < -0.3 is 14.9 Å². The van der Waals surface area contributed by atoms with E-state index in [4.69, 9.17) is 4.52 Å². The number of hydrogen-bond acceptors (Lipinski definition) is 4. The largest absolute Gasteiger partial charge is 0.481 e. The normalized spacial score (nSPS) is 19.1. The maximum absolute atomic E-state index is 13.9. The molecule has 7 heteroatoms. The molecule has 1 aliphatic carbocycles. The van der Waals surface area contributed by atoms with Crippen LogP contribution in [0, 0.1) is 11.3 Å². The molecule has 1 amide bonds. The summed E-state index contributed by atoms with van der Waals surface area (Å²) in [6.45, 7) is 14.0. The smallest absolute Gasteiger partial charge is 0.303 e.